The summed E-state index contributed by atoms with van der Waals surface area (Å²) in [4.78, 5) is 24.5. The van der Waals surface area contributed by atoms with Gasteiger partial charge in [-0.3, -0.25) is 4.79 Å². The Bertz CT molecular complexity index is 907. The second-order valence-electron chi connectivity index (χ2n) is 8.57. The van der Waals surface area contributed by atoms with E-state index in [1.165, 1.54) is 0 Å². The van der Waals surface area contributed by atoms with Crippen molar-refractivity contribution in [1.29, 1.82) is 0 Å². The summed E-state index contributed by atoms with van der Waals surface area (Å²) in [6.45, 7) is 13.4. The van der Waals surface area contributed by atoms with E-state index in [9.17, 15) is 9.59 Å². The second-order valence-corrected chi connectivity index (χ2v) is 9.50. The van der Waals surface area contributed by atoms with Crippen LogP contribution in [0.25, 0.3) is 0 Å². The van der Waals surface area contributed by atoms with Gasteiger partial charge in [0.25, 0.3) is 5.22 Å². The van der Waals surface area contributed by atoms with Crippen molar-refractivity contribution < 1.29 is 18.7 Å². The van der Waals surface area contributed by atoms with Crippen LogP contribution in [0.5, 0.6) is 0 Å². The topological polar surface area (TPSA) is 106 Å². The molecule has 0 fully saturated rings. The van der Waals surface area contributed by atoms with Gasteiger partial charge in [-0.15, -0.1) is 10.2 Å². The van der Waals surface area contributed by atoms with Gasteiger partial charge in [0.05, 0.1) is 5.75 Å². The predicted octanol–water partition coefficient (Wildman–Crippen LogP) is 5.03. The predicted molar refractivity (Wildman–Crippen MR) is 121 cm³/mol. The number of aromatic nitrogens is 2. The molecule has 31 heavy (non-hydrogen) atoms. The minimum atomic E-state index is -0.608. The molecule has 0 aliphatic carbocycles. The fourth-order valence-corrected chi connectivity index (χ4v) is 3.36. The third kappa shape index (κ3) is 7.90. The number of benzene rings is 1. The second kappa shape index (κ2) is 10.7. The molecule has 0 unspecified atom stereocenters. The molecule has 1 aromatic heterocycles. The van der Waals surface area contributed by atoms with E-state index in [1.807, 2.05) is 45.9 Å². The number of hydrogen-bond acceptors (Lipinski definition) is 7. The van der Waals surface area contributed by atoms with Crippen LogP contribution in [-0.4, -0.2) is 33.6 Å². The van der Waals surface area contributed by atoms with Gasteiger partial charge in [0.15, 0.2) is 0 Å². The highest BCUT2D eigenvalue weighted by molar-refractivity contribution is 7.99. The Morgan fingerprint density at radius 3 is 2.55 bits per heavy atom. The maximum Gasteiger partial charge on any atom is 0.408 e. The lowest BCUT2D eigenvalue weighted by Gasteiger charge is -2.24. The van der Waals surface area contributed by atoms with E-state index in [0.717, 1.165) is 35.0 Å². The number of ether oxygens (including phenoxy) is 1. The molecule has 1 aromatic carbocycles. The number of thioether (sulfide) groups is 1. The molecule has 0 saturated heterocycles. The first-order valence-electron chi connectivity index (χ1n) is 10.3. The van der Waals surface area contributed by atoms with Gasteiger partial charge in [-0.2, -0.15) is 0 Å². The smallest absolute Gasteiger partial charge is 0.408 e. The van der Waals surface area contributed by atoms with Crippen LogP contribution < -0.4 is 10.6 Å². The number of hydrogen-bond donors (Lipinski definition) is 2. The van der Waals surface area contributed by atoms with Crippen molar-refractivity contribution in [2.75, 3.05) is 11.1 Å². The van der Waals surface area contributed by atoms with E-state index in [4.69, 9.17) is 9.15 Å². The molecule has 2 amide bonds. The Morgan fingerprint density at radius 1 is 1.23 bits per heavy atom. The van der Waals surface area contributed by atoms with Gasteiger partial charge in [-0.05, 0) is 52.2 Å². The lowest BCUT2D eigenvalue weighted by Crippen LogP contribution is -2.37. The van der Waals surface area contributed by atoms with Gasteiger partial charge < -0.3 is 19.8 Å². The first-order valence-corrected chi connectivity index (χ1v) is 11.3. The summed E-state index contributed by atoms with van der Waals surface area (Å²) in [6.07, 6.45) is 0.252. The van der Waals surface area contributed by atoms with Crippen LogP contribution in [0, 0.1) is 19.8 Å². The standard InChI is InChI=1S/C22H32N4O4S/c1-8-14(3)18(24-20(28)30-22(5,6)7)19-25-26-21(29-19)31-12-17(27)23-16-10-9-13(2)11-15(16)4/h9-11,14,18H,8,12H2,1-7H3,(H,23,27)(H,24,28)/t14-,18+/m0/s1. The fraction of sp³-hybridized carbons (Fsp3) is 0.545. The Hall–Kier alpha value is -2.55. The molecular weight excluding hydrogens is 416 g/mol. The molecule has 2 aromatic rings. The Morgan fingerprint density at radius 2 is 1.94 bits per heavy atom. The van der Waals surface area contributed by atoms with E-state index >= 15 is 0 Å². The maximum atomic E-state index is 12.3. The summed E-state index contributed by atoms with van der Waals surface area (Å²) in [5, 5.41) is 14.1. The zero-order valence-electron chi connectivity index (χ0n) is 19.2. The number of amides is 2. The molecule has 0 bridgehead atoms. The summed E-state index contributed by atoms with van der Waals surface area (Å²) in [6, 6.07) is 5.37. The zero-order valence-corrected chi connectivity index (χ0v) is 20.1. The van der Waals surface area contributed by atoms with Crippen molar-refractivity contribution in [2.24, 2.45) is 5.92 Å². The molecule has 0 spiro atoms. The third-order valence-corrected chi connectivity index (χ3v) is 5.37. The van der Waals surface area contributed by atoms with Crippen molar-refractivity contribution in [3.8, 4) is 0 Å². The summed E-state index contributed by atoms with van der Waals surface area (Å²) >= 11 is 1.15. The highest BCUT2D eigenvalue weighted by atomic mass is 32.2. The maximum absolute atomic E-state index is 12.3. The third-order valence-electron chi connectivity index (χ3n) is 4.56. The Kier molecular flexibility index (Phi) is 8.50. The van der Waals surface area contributed by atoms with E-state index in [-0.39, 0.29) is 28.7 Å². The van der Waals surface area contributed by atoms with Crippen molar-refractivity contribution in [1.82, 2.24) is 15.5 Å². The highest BCUT2D eigenvalue weighted by Crippen LogP contribution is 2.27. The van der Waals surface area contributed by atoms with E-state index in [0.29, 0.717) is 0 Å². The summed E-state index contributed by atoms with van der Waals surface area (Å²) in [5.41, 5.74) is 2.31. The van der Waals surface area contributed by atoms with Crippen LogP contribution in [-0.2, 0) is 9.53 Å². The van der Waals surface area contributed by atoms with Crippen molar-refractivity contribution in [3.05, 3.63) is 35.2 Å². The molecule has 0 aliphatic heterocycles. The van der Waals surface area contributed by atoms with Gasteiger partial charge in [-0.25, -0.2) is 4.79 Å². The number of carbonyl (C=O) groups is 2. The number of nitrogens with zero attached hydrogens (tertiary/aromatic N) is 2. The van der Waals surface area contributed by atoms with Gasteiger partial charge in [0.1, 0.15) is 11.6 Å². The molecule has 0 radical (unpaired) electrons. The Labute approximate surface area is 187 Å². The summed E-state index contributed by atoms with van der Waals surface area (Å²) in [7, 11) is 0. The zero-order chi connectivity index (χ0) is 23.2. The van der Waals surface area contributed by atoms with E-state index < -0.39 is 17.7 Å². The van der Waals surface area contributed by atoms with Gasteiger partial charge in [-0.1, -0.05) is 49.7 Å². The number of rotatable bonds is 8. The van der Waals surface area contributed by atoms with Crippen molar-refractivity contribution >= 4 is 29.4 Å². The number of aryl methyl sites for hydroxylation is 2. The lowest BCUT2D eigenvalue weighted by atomic mass is 9.99. The number of carbonyl (C=O) groups excluding carboxylic acids is 2. The molecule has 1 heterocycles. The van der Waals surface area contributed by atoms with Crippen molar-refractivity contribution in [3.63, 3.8) is 0 Å². The fourth-order valence-electron chi connectivity index (χ4n) is 2.79. The van der Waals surface area contributed by atoms with Crippen LogP contribution in [0.4, 0.5) is 10.5 Å². The molecule has 8 nitrogen and oxygen atoms in total. The summed E-state index contributed by atoms with van der Waals surface area (Å²) in [5.74, 6) is 0.306. The first kappa shape index (κ1) is 24.7. The molecule has 0 saturated carbocycles. The number of alkyl carbamates (subject to hydrolysis) is 1. The minimum absolute atomic E-state index is 0.0543. The van der Waals surface area contributed by atoms with Crippen LogP contribution in [0.2, 0.25) is 0 Å². The summed E-state index contributed by atoms with van der Waals surface area (Å²) < 4.78 is 11.1. The van der Waals surface area contributed by atoms with Gasteiger partial charge in [0, 0.05) is 5.69 Å². The molecule has 170 valence electrons. The molecule has 2 rings (SSSR count). The van der Waals surface area contributed by atoms with Crippen LogP contribution in [0.1, 0.15) is 64.1 Å². The van der Waals surface area contributed by atoms with Gasteiger partial charge >= 0.3 is 6.09 Å². The Balaban J connectivity index is 1.99. The monoisotopic (exact) mass is 448 g/mol. The van der Waals surface area contributed by atoms with E-state index in [1.54, 1.807) is 20.8 Å². The highest BCUT2D eigenvalue weighted by Gasteiger charge is 2.28. The first-order chi connectivity index (χ1) is 14.5. The SMILES string of the molecule is CC[C@H](C)[C@@H](NC(=O)OC(C)(C)C)c1nnc(SCC(=O)Nc2ccc(C)cc2C)o1. The average Bonchev–Trinajstić information content (AvgIpc) is 3.13. The van der Waals surface area contributed by atoms with E-state index in [2.05, 4.69) is 20.8 Å². The average molecular weight is 449 g/mol. The number of anilines is 1. The van der Waals surface area contributed by atoms with Gasteiger partial charge in [0.2, 0.25) is 11.8 Å². The molecule has 2 atom stereocenters. The van der Waals surface area contributed by atoms with Crippen LogP contribution >= 0.6 is 11.8 Å². The molecule has 0 aliphatic rings. The van der Waals surface area contributed by atoms with Crippen LogP contribution in [0.3, 0.4) is 0 Å². The minimum Gasteiger partial charge on any atom is -0.444 e. The molecule has 2 N–H and O–H groups in total. The molecule has 9 heteroatoms. The normalized spacial score (nSPS) is 13.4. The van der Waals surface area contributed by atoms with Crippen molar-refractivity contribution in [2.45, 2.75) is 71.8 Å². The quantitative estimate of drug-likeness (QED) is 0.546. The van der Waals surface area contributed by atoms with Crippen LogP contribution in [0.15, 0.2) is 27.8 Å². The largest absolute Gasteiger partial charge is 0.444 e. The number of nitrogens with one attached hydrogen (secondary N) is 2. The molecular formula is C22H32N4O4S. The lowest BCUT2D eigenvalue weighted by molar-refractivity contribution is -0.113.